The number of hydrogen-bond acceptors (Lipinski definition) is 3. The van der Waals surface area contributed by atoms with Crippen LogP contribution in [-0.4, -0.2) is 13.1 Å². The first-order valence-corrected chi connectivity index (χ1v) is 5.04. The first-order chi connectivity index (χ1) is 7.06. The van der Waals surface area contributed by atoms with E-state index < -0.39 is 0 Å². The van der Waals surface area contributed by atoms with Crippen LogP contribution in [0.25, 0.3) is 0 Å². The van der Waals surface area contributed by atoms with Gasteiger partial charge in [0, 0.05) is 10.7 Å². The largest absolute Gasteiger partial charge is 0.469 e. The SMILES string of the molecule is COC(=O)C(C)Cc1c(N)cccc1Cl. The summed E-state index contributed by atoms with van der Waals surface area (Å²) in [4.78, 5) is 11.2. The molecule has 1 aromatic carbocycles. The summed E-state index contributed by atoms with van der Waals surface area (Å²) in [6, 6.07) is 5.31. The van der Waals surface area contributed by atoms with Gasteiger partial charge in [-0.1, -0.05) is 24.6 Å². The molecule has 1 unspecified atom stereocenters. The van der Waals surface area contributed by atoms with E-state index in [0.717, 1.165) is 5.56 Å². The molecule has 0 fully saturated rings. The topological polar surface area (TPSA) is 52.3 Å². The highest BCUT2D eigenvalue weighted by Gasteiger charge is 2.16. The van der Waals surface area contributed by atoms with Crippen LogP contribution in [0, 0.1) is 5.92 Å². The smallest absolute Gasteiger partial charge is 0.308 e. The lowest BCUT2D eigenvalue weighted by molar-refractivity contribution is -0.144. The average molecular weight is 228 g/mol. The molecule has 0 amide bonds. The number of rotatable bonds is 3. The van der Waals surface area contributed by atoms with Crippen molar-refractivity contribution >= 4 is 23.3 Å². The minimum Gasteiger partial charge on any atom is -0.469 e. The molecule has 4 heteroatoms. The van der Waals surface area contributed by atoms with Gasteiger partial charge in [0.05, 0.1) is 13.0 Å². The van der Waals surface area contributed by atoms with E-state index in [1.165, 1.54) is 7.11 Å². The third kappa shape index (κ3) is 2.86. The lowest BCUT2D eigenvalue weighted by Gasteiger charge is -2.12. The zero-order valence-electron chi connectivity index (χ0n) is 8.79. The number of methoxy groups -OCH3 is 1. The van der Waals surface area contributed by atoms with E-state index in [1.807, 2.05) is 0 Å². The molecule has 0 saturated heterocycles. The third-order valence-electron chi connectivity index (χ3n) is 2.27. The molecule has 1 aromatic rings. The summed E-state index contributed by atoms with van der Waals surface area (Å²) in [5, 5.41) is 0.589. The minimum atomic E-state index is -0.255. The van der Waals surface area contributed by atoms with Gasteiger partial charge >= 0.3 is 5.97 Å². The molecule has 82 valence electrons. The normalized spacial score (nSPS) is 12.2. The number of carbonyl (C=O) groups is 1. The lowest BCUT2D eigenvalue weighted by Crippen LogP contribution is -2.16. The van der Waals surface area contributed by atoms with Crippen molar-refractivity contribution in [3.05, 3.63) is 28.8 Å². The maximum Gasteiger partial charge on any atom is 0.308 e. The Morgan fingerprint density at radius 2 is 2.27 bits per heavy atom. The highest BCUT2D eigenvalue weighted by Crippen LogP contribution is 2.25. The lowest BCUT2D eigenvalue weighted by atomic mass is 10.00. The van der Waals surface area contributed by atoms with Crippen molar-refractivity contribution in [2.75, 3.05) is 12.8 Å². The van der Waals surface area contributed by atoms with E-state index in [-0.39, 0.29) is 11.9 Å². The number of anilines is 1. The van der Waals surface area contributed by atoms with E-state index in [4.69, 9.17) is 17.3 Å². The third-order valence-corrected chi connectivity index (χ3v) is 2.62. The molecule has 1 atom stereocenters. The monoisotopic (exact) mass is 227 g/mol. The van der Waals surface area contributed by atoms with E-state index in [9.17, 15) is 4.79 Å². The summed E-state index contributed by atoms with van der Waals surface area (Å²) in [5.74, 6) is -0.494. The predicted molar refractivity (Wildman–Crippen MR) is 60.7 cm³/mol. The first-order valence-electron chi connectivity index (χ1n) is 4.67. The van der Waals surface area contributed by atoms with Gasteiger partial charge in [0.15, 0.2) is 0 Å². The molecule has 0 spiro atoms. The molecular weight excluding hydrogens is 214 g/mol. The molecule has 2 N–H and O–H groups in total. The minimum absolute atomic E-state index is 0.239. The summed E-state index contributed by atoms with van der Waals surface area (Å²) in [6.45, 7) is 1.79. The maximum absolute atomic E-state index is 11.2. The van der Waals surface area contributed by atoms with Crippen LogP contribution in [0.2, 0.25) is 5.02 Å². The Labute approximate surface area is 94.2 Å². The second-order valence-electron chi connectivity index (χ2n) is 3.44. The summed E-state index contributed by atoms with van der Waals surface area (Å²) < 4.78 is 4.64. The molecule has 0 radical (unpaired) electrons. The molecule has 1 rings (SSSR count). The maximum atomic E-state index is 11.2. The molecule has 0 aromatic heterocycles. The summed E-state index contributed by atoms with van der Waals surface area (Å²) >= 11 is 5.99. The van der Waals surface area contributed by atoms with Crippen LogP contribution in [-0.2, 0) is 16.0 Å². The van der Waals surface area contributed by atoms with Crippen LogP contribution in [0.3, 0.4) is 0 Å². The Morgan fingerprint density at radius 3 is 2.80 bits per heavy atom. The first kappa shape index (κ1) is 11.9. The van der Waals surface area contributed by atoms with Crippen molar-refractivity contribution in [2.24, 2.45) is 5.92 Å². The molecular formula is C11H14ClNO2. The number of hydrogen-bond donors (Lipinski definition) is 1. The molecule has 0 saturated carbocycles. The number of carbonyl (C=O) groups excluding carboxylic acids is 1. The Kier molecular flexibility index (Phi) is 3.97. The van der Waals surface area contributed by atoms with Gasteiger partial charge < -0.3 is 10.5 Å². The molecule has 3 nitrogen and oxygen atoms in total. The number of ether oxygens (including phenoxy) is 1. The van der Waals surface area contributed by atoms with Crippen molar-refractivity contribution in [1.82, 2.24) is 0 Å². The Morgan fingerprint density at radius 1 is 1.60 bits per heavy atom. The Hall–Kier alpha value is -1.22. The van der Waals surface area contributed by atoms with Crippen molar-refractivity contribution in [1.29, 1.82) is 0 Å². The zero-order chi connectivity index (χ0) is 11.4. The van der Waals surface area contributed by atoms with Crippen LogP contribution >= 0.6 is 11.6 Å². The second-order valence-corrected chi connectivity index (χ2v) is 3.84. The fraction of sp³-hybridized carbons (Fsp3) is 0.364. The van der Waals surface area contributed by atoms with Gasteiger partial charge in [0.25, 0.3) is 0 Å². The van der Waals surface area contributed by atoms with E-state index in [0.29, 0.717) is 17.1 Å². The molecule has 0 aliphatic rings. The standard InChI is InChI=1S/C11H14ClNO2/c1-7(11(14)15-2)6-8-9(12)4-3-5-10(8)13/h3-5,7H,6,13H2,1-2H3. The van der Waals surface area contributed by atoms with Crippen molar-refractivity contribution < 1.29 is 9.53 Å². The highest BCUT2D eigenvalue weighted by atomic mass is 35.5. The van der Waals surface area contributed by atoms with Crippen molar-refractivity contribution in [2.45, 2.75) is 13.3 Å². The van der Waals surface area contributed by atoms with E-state index in [2.05, 4.69) is 4.74 Å². The van der Waals surface area contributed by atoms with Crippen molar-refractivity contribution in [3.63, 3.8) is 0 Å². The highest BCUT2D eigenvalue weighted by molar-refractivity contribution is 6.31. The Bertz CT molecular complexity index is 345. The van der Waals surface area contributed by atoms with Crippen LogP contribution in [0.15, 0.2) is 18.2 Å². The molecule has 0 heterocycles. The summed E-state index contributed by atoms with van der Waals surface area (Å²) in [6.07, 6.45) is 0.498. The second kappa shape index (κ2) is 5.03. The molecule has 15 heavy (non-hydrogen) atoms. The molecule has 0 aliphatic heterocycles. The summed E-state index contributed by atoms with van der Waals surface area (Å²) in [5.41, 5.74) is 7.19. The Balaban J connectivity index is 2.85. The van der Waals surface area contributed by atoms with Gasteiger partial charge in [0.2, 0.25) is 0 Å². The van der Waals surface area contributed by atoms with Gasteiger partial charge in [-0.2, -0.15) is 0 Å². The van der Waals surface area contributed by atoms with Gasteiger partial charge in [-0.3, -0.25) is 4.79 Å². The summed E-state index contributed by atoms with van der Waals surface area (Å²) in [7, 11) is 1.37. The van der Waals surface area contributed by atoms with E-state index >= 15 is 0 Å². The van der Waals surface area contributed by atoms with Crippen LogP contribution in [0.1, 0.15) is 12.5 Å². The fourth-order valence-electron chi connectivity index (χ4n) is 1.38. The zero-order valence-corrected chi connectivity index (χ0v) is 9.54. The molecule has 0 aliphatic carbocycles. The number of benzene rings is 1. The molecule has 0 bridgehead atoms. The predicted octanol–water partition coefficient (Wildman–Crippen LogP) is 2.27. The number of nitrogens with two attached hydrogens (primary N) is 1. The van der Waals surface area contributed by atoms with Gasteiger partial charge in [-0.05, 0) is 24.1 Å². The van der Waals surface area contributed by atoms with Gasteiger partial charge in [-0.25, -0.2) is 0 Å². The van der Waals surface area contributed by atoms with Crippen LogP contribution in [0.5, 0.6) is 0 Å². The number of halogens is 1. The van der Waals surface area contributed by atoms with Gasteiger partial charge in [-0.15, -0.1) is 0 Å². The number of nitrogen functional groups attached to an aromatic ring is 1. The van der Waals surface area contributed by atoms with Crippen LogP contribution in [0.4, 0.5) is 5.69 Å². The van der Waals surface area contributed by atoms with Gasteiger partial charge in [0.1, 0.15) is 0 Å². The number of esters is 1. The van der Waals surface area contributed by atoms with Crippen molar-refractivity contribution in [3.8, 4) is 0 Å². The average Bonchev–Trinajstić information content (AvgIpc) is 2.22. The van der Waals surface area contributed by atoms with E-state index in [1.54, 1.807) is 25.1 Å². The van der Waals surface area contributed by atoms with Crippen LogP contribution < -0.4 is 5.73 Å². The quantitative estimate of drug-likeness (QED) is 0.637. The fourth-order valence-corrected chi connectivity index (χ4v) is 1.64.